The molecule has 0 amide bonds. The number of carbonyl (C=O) groups excluding carboxylic acids is 1. The van der Waals surface area contributed by atoms with Gasteiger partial charge in [-0.2, -0.15) is 0 Å². The zero-order valence-electron chi connectivity index (χ0n) is 9.70. The van der Waals surface area contributed by atoms with E-state index in [1.807, 2.05) is 0 Å². The predicted molar refractivity (Wildman–Crippen MR) is 63.5 cm³/mol. The number of aldehydes is 1. The second kappa shape index (κ2) is 3.71. The molecule has 96 valence electrons. The summed E-state index contributed by atoms with van der Waals surface area (Å²) in [7, 11) is -3.21. The molecule has 1 saturated carbocycles. The molecule has 0 bridgehead atoms. The molecule has 18 heavy (non-hydrogen) atoms. The minimum absolute atomic E-state index is 0.177. The molecule has 3 unspecified atom stereocenters. The van der Waals surface area contributed by atoms with Crippen LogP contribution in [0.5, 0.6) is 11.5 Å². The number of sulfone groups is 1. The van der Waals surface area contributed by atoms with E-state index in [1.54, 1.807) is 18.2 Å². The number of hydrogen-bond acceptors (Lipinski definition) is 5. The van der Waals surface area contributed by atoms with Gasteiger partial charge in [-0.05, 0) is 17.7 Å². The number of ether oxygens (including phenoxy) is 2. The van der Waals surface area contributed by atoms with E-state index in [1.165, 1.54) is 6.26 Å². The Bertz CT molecular complexity index is 607. The molecular formula is C12H12O5S. The number of benzene rings is 1. The summed E-state index contributed by atoms with van der Waals surface area (Å²) in [5.41, 5.74) is 0.812. The highest BCUT2D eigenvalue weighted by Gasteiger charge is 2.57. The van der Waals surface area contributed by atoms with E-state index in [9.17, 15) is 13.2 Å². The normalized spacial score (nSPS) is 29.1. The van der Waals surface area contributed by atoms with E-state index in [4.69, 9.17) is 9.47 Å². The standard InChI is InChI=1S/C12H12O5S/c1-18(14,15)12-8(5-13)11(12)7-2-3-9-10(4-7)17-6-16-9/h2-5,8,11-12H,6H2,1H3. The minimum atomic E-state index is -3.21. The smallest absolute Gasteiger partial charge is 0.231 e. The van der Waals surface area contributed by atoms with Crippen LogP contribution in [0.25, 0.3) is 0 Å². The van der Waals surface area contributed by atoms with E-state index in [0.29, 0.717) is 11.5 Å². The Morgan fingerprint density at radius 1 is 1.28 bits per heavy atom. The first-order chi connectivity index (χ1) is 8.52. The topological polar surface area (TPSA) is 69.7 Å². The first-order valence-electron chi connectivity index (χ1n) is 5.56. The van der Waals surface area contributed by atoms with Crippen LogP contribution in [0.1, 0.15) is 11.5 Å². The third-order valence-electron chi connectivity index (χ3n) is 3.44. The second-order valence-electron chi connectivity index (χ2n) is 4.65. The van der Waals surface area contributed by atoms with Gasteiger partial charge in [-0.1, -0.05) is 6.07 Å². The van der Waals surface area contributed by atoms with Gasteiger partial charge in [0.1, 0.15) is 6.29 Å². The molecule has 3 rings (SSSR count). The van der Waals surface area contributed by atoms with Gasteiger partial charge in [0.15, 0.2) is 21.3 Å². The maximum Gasteiger partial charge on any atom is 0.231 e. The lowest BCUT2D eigenvalue weighted by atomic mass is 10.1. The quantitative estimate of drug-likeness (QED) is 0.756. The van der Waals surface area contributed by atoms with Crippen molar-refractivity contribution in [3.8, 4) is 11.5 Å². The predicted octanol–water partition coefficient (Wildman–Crippen LogP) is 0.741. The van der Waals surface area contributed by atoms with Crippen LogP contribution in [-0.4, -0.2) is 33.0 Å². The Morgan fingerprint density at radius 3 is 2.61 bits per heavy atom. The van der Waals surface area contributed by atoms with Gasteiger partial charge in [-0.15, -0.1) is 0 Å². The van der Waals surface area contributed by atoms with Crippen LogP contribution < -0.4 is 9.47 Å². The van der Waals surface area contributed by atoms with Crippen LogP contribution in [0.2, 0.25) is 0 Å². The van der Waals surface area contributed by atoms with Crippen molar-refractivity contribution < 1.29 is 22.7 Å². The highest BCUT2D eigenvalue weighted by Crippen LogP contribution is 2.52. The third kappa shape index (κ3) is 1.68. The SMILES string of the molecule is CS(=O)(=O)C1C(C=O)C1c1ccc2c(c1)OCO2. The highest BCUT2D eigenvalue weighted by molar-refractivity contribution is 7.91. The van der Waals surface area contributed by atoms with Crippen LogP contribution >= 0.6 is 0 Å². The summed E-state index contributed by atoms with van der Waals surface area (Å²) >= 11 is 0. The Balaban J connectivity index is 1.95. The van der Waals surface area contributed by atoms with Crippen molar-refractivity contribution in [2.24, 2.45) is 5.92 Å². The molecule has 2 aliphatic rings. The monoisotopic (exact) mass is 268 g/mol. The van der Waals surface area contributed by atoms with Crippen molar-refractivity contribution in [2.75, 3.05) is 13.0 Å². The summed E-state index contributed by atoms with van der Waals surface area (Å²) in [6.45, 7) is 0.177. The van der Waals surface area contributed by atoms with Gasteiger partial charge < -0.3 is 14.3 Å². The Labute approximate surface area is 105 Å². The number of fused-ring (bicyclic) bond motifs is 1. The molecular weight excluding hydrogens is 256 g/mol. The van der Waals surface area contributed by atoms with Crippen molar-refractivity contribution in [1.29, 1.82) is 0 Å². The van der Waals surface area contributed by atoms with E-state index in [0.717, 1.165) is 11.8 Å². The van der Waals surface area contributed by atoms with E-state index >= 15 is 0 Å². The molecule has 1 aromatic carbocycles. The minimum Gasteiger partial charge on any atom is -0.454 e. The fourth-order valence-electron chi connectivity index (χ4n) is 2.55. The van der Waals surface area contributed by atoms with Crippen LogP contribution in [0, 0.1) is 5.92 Å². The largest absolute Gasteiger partial charge is 0.454 e. The molecule has 0 N–H and O–H groups in total. The zero-order chi connectivity index (χ0) is 12.9. The molecule has 1 heterocycles. The van der Waals surface area contributed by atoms with Crippen molar-refractivity contribution in [3.63, 3.8) is 0 Å². The summed E-state index contributed by atoms with van der Waals surface area (Å²) in [6, 6.07) is 5.30. The summed E-state index contributed by atoms with van der Waals surface area (Å²) < 4.78 is 33.6. The van der Waals surface area contributed by atoms with Gasteiger partial charge >= 0.3 is 0 Å². The average molecular weight is 268 g/mol. The van der Waals surface area contributed by atoms with Crippen molar-refractivity contribution in [2.45, 2.75) is 11.2 Å². The number of carbonyl (C=O) groups is 1. The lowest BCUT2D eigenvalue weighted by Crippen LogP contribution is -2.07. The van der Waals surface area contributed by atoms with Gasteiger partial charge in [-0.25, -0.2) is 8.42 Å². The highest BCUT2D eigenvalue weighted by atomic mass is 32.2. The number of rotatable bonds is 3. The summed E-state index contributed by atoms with van der Waals surface area (Å²) in [5, 5.41) is -0.602. The van der Waals surface area contributed by atoms with Crippen molar-refractivity contribution in [3.05, 3.63) is 23.8 Å². The van der Waals surface area contributed by atoms with Gasteiger partial charge in [0, 0.05) is 18.1 Å². The van der Waals surface area contributed by atoms with E-state index in [-0.39, 0.29) is 12.7 Å². The van der Waals surface area contributed by atoms with Gasteiger partial charge in [-0.3, -0.25) is 0 Å². The molecule has 1 aliphatic heterocycles. The first-order valence-corrected chi connectivity index (χ1v) is 7.51. The molecule has 1 aromatic rings. The number of hydrogen-bond donors (Lipinski definition) is 0. The lowest BCUT2D eigenvalue weighted by Gasteiger charge is -2.01. The average Bonchev–Trinajstić information content (AvgIpc) is 2.90. The van der Waals surface area contributed by atoms with E-state index in [2.05, 4.69) is 0 Å². The fourth-order valence-corrected chi connectivity index (χ4v) is 4.14. The molecule has 6 heteroatoms. The fraction of sp³-hybridized carbons (Fsp3) is 0.417. The molecule has 1 aliphatic carbocycles. The molecule has 0 saturated heterocycles. The Morgan fingerprint density at radius 2 is 2.00 bits per heavy atom. The molecule has 0 aromatic heterocycles. The molecule has 3 atom stereocenters. The molecule has 0 spiro atoms. The Kier molecular flexibility index (Phi) is 2.38. The zero-order valence-corrected chi connectivity index (χ0v) is 10.5. The van der Waals surface area contributed by atoms with Crippen molar-refractivity contribution in [1.82, 2.24) is 0 Å². The van der Waals surface area contributed by atoms with Gasteiger partial charge in [0.2, 0.25) is 6.79 Å². The van der Waals surface area contributed by atoms with Gasteiger partial charge in [0.05, 0.1) is 5.25 Å². The van der Waals surface area contributed by atoms with Crippen LogP contribution in [0.15, 0.2) is 18.2 Å². The van der Waals surface area contributed by atoms with Crippen LogP contribution in [0.4, 0.5) is 0 Å². The lowest BCUT2D eigenvalue weighted by molar-refractivity contribution is -0.108. The molecule has 5 nitrogen and oxygen atoms in total. The second-order valence-corrected chi connectivity index (χ2v) is 6.85. The maximum absolute atomic E-state index is 11.6. The maximum atomic E-state index is 11.6. The summed E-state index contributed by atoms with van der Waals surface area (Å²) in [4.78, 5) is 10.9. The molecule has 1 fully saturated rings. The molecule has 0 radical (unpaired) electrons. The van der Waals surface area contributed by atoms with Crippen LogP contribution in [0.3, 0.4) is 0 Å². The van der Waals surface area contributed by atoms with Crippen molar-refractivity contribution >= 4 is 16.1 Å². The summed E-state index contributed by atoms with van der Waals surface area (Å²) in [6.07, 6.45) is 1.89. The first kappa shape index (κ1) is 11.5. The Hall–Kier alpha value is -1.56. The third-order valence-corrected chi connectivity index (χ3v) is 5.04. The van der Waals surface area contributed by atoms with Gasteiger partial charge in [0.25, 0.3) is 0 Å². The van der Waals surface area contributed by atoms with E-state index < -0.39 is 21.0 Å². The summed E-state index contributed by atoms with van der Waals surface area (Å²) in [5.74, 6) is 0.557. The van der Waals surface area contributed by atoms with Crippen LogP contribution in [-0.2, 0) is 14.6 Å².